The predicted octanol–water partition coefficient (Wildman–Crippen LogP) is 3.40. The number of benzene rings is 1. The summed E-state index contributed by atoms with van der Waals surface area (Å²) in [6.45, 7) is 4.17. The molecule has 0 fully saturated rings. The van der Waals surface area contributed by atoms with Crippen LogP contribution in [0.15, 0.2) is 18.2 Å². The van der Waals surface area contributed by atoms with Gasteiger partial charge in [-0.1, -0.05) is 38.8 Å². The first-order valence-corrected chi connectivity index (χ1v) is 6.13. The molecule has 0 heterocycles. The van der Waals surface area contributed by atoms with Crippen molar-refractivity contribution in [1.29, 1.82) is 0 Å². The fraction of sp³-hybridized carbons (Fsp3) is 0.571. The molecular formula is C14H19FO. The average Bonchev–Trinajstić information content (AvgIpc) is 2.61. The van der Waals surface area contributed by atoms with Crippen molar-refractivity contribution in [2.45, 2.75) is 45.1 Å². The van der Waals surface area contributed by atoms with Gasteiger partial charge in [0.15, 0.2) is 0 Å². The van der Waals surface area contributed by atoms with Crippen LogP contribution in [0.25, 0.3) is 0 Å². The molecule has 1 aromatic rings. The van der Waals surface area contributed by atoms with Crippen LogP contribution < -0.4 is 0 Å². The summed E-state index contributed by atoms with van der Waals surface area (Å²) in [5.74, 6) is 0.0648. The van der Waals surface area contributed by atoms with E-state index in [4.69, 9.17) is 0 Å². The zero-order valence-corrected chi connectivity index (χ0v) is 9.96. The van der Waals surface area contributed by atoms with Crippen LogP contribution in [-0.4, -0.2) is 5.11 Å². The van der Waals surface area contributed by atoms with Crippen LogP contribution in [0.2, 0.25) is 0 Å². The molecule has 0 aliphatic heterocycles. The molecule has 1 nitrogen and oxygen atoms in total. The van der Waals surface area contributed by atoms with Gasteiger partial charge in [-0.2, -0.15) is 0 Å². The van der Waals surface area contributed by atoms with E-state index < -0.39 is 5.60 Å². The van der Waals surface area contributed by atoms with Gasteiger partial charge in [0, 0.05) is 0 Å². The van der Waals surface area contributed by atoms with E-state index in [1.54, 1.807) is 6.07 Å². The van der Waals surface area contributed by atoms with Crippen LogP contribution in [0.5, 0.6) is 0 Å². The SMILES string of the molecule is CCC(CC)C1(O)CCc2c(F)cccc21. The summed E-state index contributed by atoms with van der Waals surface area (Å²) in [5, 5.41) is 10.8. The Morgan fingerprint density at radius 2 is 2.06 bits per heavy atom. The molecule has 0 aromatic heterocycles. The second-order valence-corrected chi connectivity index (χ2v) is 4.70. The first-order chi connectivity index (χ1) is 7.63. The highest BCUT2D eigenvalue weighted by atomic mass is 19.1. The maximum atomic E-state index is 13.6. The van der Waals surface area contributed by atoms with E-state index >= 15 is 0 Å². The van der Waals surface area contributed by atoms with Gasteiger partial charge in [-0.15, -0.1) is 0 Å². The van der Waals surface area contributed by atoms with Crippen molar-refractivity contribution in [1.82, 2.24) is 0 Å². The molecule has 0 bridgehead atoms. The Bertz CT molecular complexity index is 384. The van der Waals surface area contributed by atoms with Gasteiger partial charge in [-0.3, -0.25) is 0 Å². The molecule has 0 saturated carbocycles. The smallest absolute Gasteiger partial charge is 0.126 e. The van der Waals surface area contributed by atoms with Crippen molar-refractivity contribution >= 4 is 0 Å². The summed E-state index contributed by atoms with van der Waals surface area (Å²) < 4.78 is 13.6. The van der Waals surface area contributed by atoms with Crippen molar-refractivity contribution in [3.63, 3.8) is 0 Å². The van der Waals surface area contributed by atoms with E-state index in [1.165, 1.54) is 6.07 Å². The largest absolute Gasteiger partial charge is 0.385 e. The number of hydrogen-bond donors (Lipinski definition) is 1. The monoisotopic (exact) mass is 222 g/mol. The lowest BCUT2D eigenvalue weighted by Gasteiger charge is -2.32. The van der Waals surface area contributed by atoms with E-state index in [0.29, 0.717) is 12.8 Å². The van der Waals surface area contributed by atoms with Crippen LogP contribution in [-0.2, 0) is 12.0 Å². The zero-order chi connectivity index (χ0) is 11.8. The maximum absolute atomic E-state index is 13.6. The van der Waals surface area contributed by atoms with Gasteiger partial charge in [0.2, 0.25) is 0 Å². The third kappa shape index (κ3) is 1.56. The van der Waals surface area contributed by atoms with Gasteiger partial charge < -0.3 is 5.11 Å². The fourth-order valence-electron chi connectivity index (χ4n) is 3.06. The van der Waals surface area contributed by atoms with Gasteiger partial charge in [0.1, 0.15) is 5.82 Å². The molecule has 1 aliphatic rings. The molecule has 16 heavy (non-hydrogen) atoms. The van der Waals surface area contributed by atoms with Gasteiger partial charge in [0.05, 0.1) is 5.60 Å². The third-order valence-electron chi connectivity index (χ3n) is 4.00. The highest BCUT2D eigenvalue weighted by Crippen LogP contribution is 2.45. The summed E-state index contributed by atoms with van der Waals surface area (Å²) in [6, 6.07) is 5.06. The van der Waals surface area contributed by atoms with Gasteiger partial charge in [0.25, 0.3) is 0 Å². The third-order valence-corrected chi connectivity index (χ3v) is 4.00. The molecule has 1 unspecified atom stereocenters. The minimum absolute atomic E-state index is 0.167. The molecule has 1 atom stereocenters. The lowest BCUT2D eigenvalue weighted by molar-refractivity contribution is -0.0258. The second-order valence-electron chi connectivity index (χ2n) is 4.70. The van der Waals surface area contributed by atoms with Gasteiger partial charge >= 0.3 is 0 Å². The van der Waals surface area contributed by atoms with Gasteiger partial charge in [-0.25, -0.2) is 4.39 Å². The molecular weight excluding hydrogens is 203 g/mol. The molecule has 0 saturated heterocycles. The molecule has 0 amide bonds. The summed E-state index contributed by atoms with van der Waals surface area (Å²) in [5.41, 5.74) is 0.735. The van der Waals surface area contributed by atoms with Crippen LogP contribution in [0.1, 0.15) is 44.2 Å². The molecule has 1 aromatic carbocycles. The molecule has 1 aliphatic carbocycles. The van der Waals surface area contributed by atoms with E-state index in [-0.39, 0.29) is 11.7 Å². The number of aliphatic hydroxyl groups is 1. The van der Waals surface area contributed by atoms with E-state index in [1.807, 2.05) is 6.07 Å². The highest BCUT2D eigenvalue weighted by molar-refractivity contribution is 5.38. The second kappa shape index (κ2) is 4.17. The number of fused-ring (bicyclic) bond motifs is 1. The molecule has 0 spiro atoms. The van der Waals surface area contributed by atoms with Crippen LogP contribution >= 0.6 is 0 Å². The van der Waals surface area contributed by atoms with Crippen molar-refractivity contribution in [3.8, 4) is 0 Å². The van der Waals surface area contributed by atoms with Crippen molar-refractivity contribution in [2.75, 3.05) is 0 Å². The predicted molar refractivity (Wildman–Crippen MR) is 62.7 cm³/mol. The fourth-order valence-corrected chi connectivity index (χ4v) is 3.06. The Morgan fingerprint density at radius 1 is 1.38 bits per heavy atom. The van der Waals surface area contributed by atoms with Crippen LogP contribution in [0, 0.1) is 11.7 Å². The number of halogens is 1. The summed E-state index contributed by atoms with van der Waals surface area (Å²) in [6.07, 6.45) is 3.19. The zero-order valence-electron chi connectivity index (χ0n) is 9.96. The maximum Gasteiger partial charge on any atom is 0.126 e. The molecule has 2 rings (SSSR count). The Kier molecular flexibility index (Phi) is 3.02. The summed E-state index contributed by atoms with van der Waals surface area (Å²) in [4.78, 5) is 0. The standard InChI is InChI=1S/C14H19FO/c1-3-10(4-2)14(16)9-8-11-12(14)6-5-7-13(11)15/h5-7,10,16H,3-4,8-9H2,1-2H3. The normalized spacial score (nSPS) is 23.8. The average molecular weight is 222 g/mol. The molecule has 1 N–H and O–H groups in total. The van der Waals surface area contributed by atoms with E-state index in [9.17, 15) is 9.50 Å². The first-order valence-electron chi connectivity index (χ1n) is 6.13. The highest BCUT2D eigenvalue weighted by Gasteiger charge is 2.42. The first kappa shape index (κ1) is 11.6. The minimum atomic E-state index is -0.805. The van der Waals surface area contributed by atoms with Crippen molar-refractivity contribution in [2.24, 2.45) is 5.92 Å². The summed E-state index contributed by atoms with van der Waals surface area (Å²) in [7, 11) is 0. The summed E-state index contributed by atoms with van der Waals surface area (Å²) >= 11 is 0. The van der Waals surface area contributed by atoms with Crippen LogP contribution in [0.4, 0.5) is 4.39 Å². The molecule has 2 heteroatoms. The van der Waals surface area contributed by atoms with Crippen molar-refractivity contribution in [3.05, 3.63) is 35.1 Å². The Labute approximate surface area is 96.3 Å². The minimum Gasteiger partial charge on any atom is -0.385 e. The quantitative estimate of drug-likeness (QED) is 0.831. The van der Waals surface area contributed by atoms with Crippen molar-refractivity contribution < 1.29 is 9.50 Å². The lowest BCUT2D eigenvalue weighted by Crippen LogP contribution is -2.32. The molecule has 88 valence electrons. The number of rotatable bonds is 3. The van der Waals surface area contributed by atoms with Crippen LogP contribution in [0.3, 0.4) is 0 Å². The Hall–Kier alpha value is -0.890. The Morgan fingerprint density at radius 3 is 2.69 bits per heavy atom. The van der Waals surface area contributed by atoms with Gasteiger partial charge in [-0.05, 0) is 36.0 Å². The lowest BCUT2D eigenvalue weighted by atomic mass is 9.79. The molecule has 0 radical (unpaired) electrons. The topological polar surface area (TPSA) is 20.2 Å². The number of hydrogen-bond acceptors (Lipinski definition) is 1. The Balaban J connectivity index is 2.46. The van der Waals surface area contributed by atoms with E-state index in [0.717, 1.165) is 24.0 Å². The van der Waals surface area contributed by atoms with E-state index in [2.05, 4.69) is 13.8 Å².